The van der Waals surface area contributed by atoms with E-state index in [9.17, 15) is 4.39 Å². The molecule has 2 aromatic heterocycles. The second-order valence-electron chi connectivity index (χ2n) is 5.19. The van der Waals surface area contributed by atoms with E-state index in [1.807, 2.05) is 25.1 Å². The summed E-state index contributed by atoms with van der Waals surface area (Å²) in [5.74, 6) is 1.05. The van der Waals surface area contributed by atoms with Crippen LogP contribution in [0.4, 0.5) is 10.2 Å². The highest BCUT2D eigenvalue weighted by atomic mass is 19.1. The van der Waals surface area contributed by atoms with Crippen molar-refractivity contribution in [3.8, 4) is 22.8 Å². The highest BCUT2D eigenvalue weighted by Crippen LogP contribution is 2.27. The Morgan fingerprint density at radius 3 is 2.83 bits per heavy atom. The Balaban J connectivity index is 2.01. The van der Waals surface area contributed by atoms with Gasteiger partial charge < -0.3 is 15.2 Å². The molecule has 0 atom stereocenters. The molecule has 0 unspecified atom stereocenters. The van der Waals surface area contributed by atoms with Crippen LogP contribution in [0.2, 0.25) is 0 Å². The van der Waals surface area contributed by atoms with Crippen molar-refractivity contribution < 1.29 is 8.91 Å². The second-order valence-corrected chi connectivity index (χ2v) is 5.19. The molecule has 0 saturated carbocycles. The third kappa shape index (κ3) is 2.91. The predicted octanol–water partition coefficient (Wildman–Crippen LogP) is 2.46. The predicted molar refractivity (Wildman–Crippen MR) is 85.1 cm³/mol. The van der Waals surface area contributed by atoms with Crippen LogP contribution in [0.25, 0.3) is 22.8 Å². The lowest BCUT2D eigenvalue weighted by atomic mass is 10.1. The molecule has 0 saturated heterocycles. The zero-order valence-electron chi connectivity index (χ0n) is 12.8. The molecule has 0 spiro atoms. The van der Waals surface area contributed by atoms with Gasteiger partial charge in [0, 0.05) is 43.5 Å². The Labute approximate surface area is 132 Å². The van der Waals surface area contributed by atoms with Gasteiger partial charge in [0.2, 0.25) is 5.82 Å². The Hall–Kier alpha value is -2.80. The number of hydrogen-bond donors (Lipinski definition) is 1. The van der Waals surface area contributed by atoms with Gasteiger partial charge in [-0.25, -0.2) is 9.37 Å². The van der Waals surface area contributed by atoms with E-state index in [1.165, 1.54) is 6.07 Å². The Morgan fingerprint density at radius 1 is 1.26 bits per heavy atom. The van der Waals surface area contributed by atoms with Crippen molar-refractivity contribution >= 4 is 5.82 Å². The molecule has 2 heterocycles. The van der Waals surface area contributed by atoms with E-state index < -0.39 is 0 Å². The Kier molecular flexibility index (Phi) is 4.03. The fraction of sp³-hybridized carbons (Fsp3) is 0.188. The number of aromatic nitrogens is 3. The molecule has 7 heteroatoms. The van der Waals surface area contributed by atoms with Crippen LogP contribution in [0.3, 0.4) is 0 Å². The molecule has 0 bridgehead atoms. The lowest BCUT2D eigenvalue weighted by molar-refractivity contribution is 0.431. The van der Waals surface area contributed by atoms with E-state index in [1.54, 1.807) is 24.4 Å². The monoisotopic (exact) mass is 313 g/mol. The number of pyridine rings is 1. The van der Waals surface area contributed by atoms with Crippen LogP contribution in [0.5, 0.6) is 0 Å². The van der Waals surface area contributed by atoms with E-state index in [0.29, 0.717) is 17.0 Å². The second kappa shape index (κ2) is 6.13. The zero-order chi connectivity index (χ0) is 16.4. The minimum Gasteiger partial charge on any atom is -0.363 e. The topological polar surface area (TPSA) is 81.1 Å². The highest BCUT2D eigenvalue weighted by molar-refractivity contribution is 5.64. The average molecular weight is 313 g/mol. The molecule has 2 N–H and O–H groups in total. The molecule has 0 fully saturated rings. The molecular weight excluding hydrogens is 297 g/mol. The summed E-state index contributed by atoms with van der Waals surface area (Å²) in [6.45, 7) is 0.0553. The van der Waals surface area contributed by atoms with Crippen molar-refractivity contribution in [3.63, 3.8) is 0 Å². The van der Waals surface area contributed by atoms with Crippen molar-refractivity contribution in [3.05, 3.63) is 47.9 Å². The summed E-state index contributed by atoms with van der Waals surface area (Å²) >= 11 is 0. The molecule has 0 aliphatic carbocycles. The van der Waals surface area contributed by atoms with Gasteiger partial charge in [-0.1, -0.05) is 11.2 Å². The zero-order valence-corrected chi connectivity index (χ0v) is 12.8. The van der Waals surface area contributed by atoms with Crippen molar-refractivity contribution in [1.82, 2.24) is 15.1 Å². The summed E-state index contributed by atoms with van der Waals surface area (Å²) < 4.78 is 19.1. The first kappa shape index (κ1) is 15.1. The number of benzene rings is 1. The van der Waals surface area contributed by atoms with Gasteiger partial charge >= 0.3 is 0 Å². The van der Waals surface area contributed by atoms with Gasteiger partial charge in [0.1, 0.15) is 11.6 Å². The van der Waals surface area contributed by atoms with E-state index in [0.717, 1.165) is 11.4 Å². The summed E-state index contributed by atoms with van der Waals surface area (Å²) in [4.78, 5) is 10.5. The van der Waals surface area contributed by atoms with Gasteiger partial charge in [-0.15, -0.1) is 0 Å². The minimum atomic E-state index is -0.386. The lowest BCUT2D eigenvalue weighted by Gasteiger charge is -2.10. The molecule has 0 aliphatic heterocycles. The maximum Gasteiger partial charge on any atom is 0.258 e. The number of nitrogens with zero attached hydrogens (tertiary/aromatic N) is 4. The van der Waals surface area contributed by atoms with Crippen LogP contribution in [0, 0.1) is 5.82 Å². The first-order valence-corrected chi connectivity index (χ1v) is 7.05. The number of nitrogens with two attached hydrogens (primary N) is 1. The minimum absolute atomic E-state index is 0.0553. The van der Waals surface area contributed by atoms with E-state index in [4.69, 9.17) is 10.3 Å². The van der Waals surface area contributed by atoms with Gasteiger partial charge in [0.15, 0.2) is 0 Å². The van der Waals surface area contributed by atoms with Crippen LogP contribution in [0.1, 0.15) is 5.56 Å². The molecule has 3 rings (SSSR count). The molecule has 3 aromatic rings. The van der Waals surface area contributed by atoms with Crippen molar-refractivity contribution in [2.24, 2.45) is 5.73 Å². The van der Waals surface area contributed by atoms with E-state index in [-0.39, 0.29) is 18.3 Å². The van der Waals surface area contributed by atoms with Crippen LogP contribution < -0.4 is 10.6 Å². The van der Waals surface area contributed by atoms with Gasteiger partial charge in [-0.05, 0) is 24.3 Å². The first-order chi connectivity index (χ1) is 11.1. The molecule has 0 aliphatic rings. The third-order valence-electron chi connectivity index (χ3n) is 3.44. The number of halogens is 1. The summed E-state index contributed by atoms with van der Waals surface area (Å²) in [5, 5.41) is 3.97. The molecular formula is C16H16FN5O. The number of rotatable bonds is 4. The lowest BCUT2D eigenvalue weighted by Crippen LogP contribution is -2.10. The molecule has 118 valence electrons. The van der Waals surface area contributed by atoms with Crippen molar-refractivity contribution in [2.75, 3.05) is 19.0 Å². The molecule has 6 nitrogen and oxygen atoms in total. The van der Waals surface area contributed by atoms with E-state index in [2.05, 4.69) is 15.1 Å². The SMILES string of the molecule is CN(C)c1cc(-c2noc(-c3cccc(F)c3CN)n2)ccn1. The molecule has 23 heavy (non-hydrogen) atoms. The van der Waals surface area contributed by atoms with Crippen LogP contribution in [0.15, 0.2) is 41.1 Å². The Morgan fingerprint density at radius 2 is 2.09 bits per heavy atom. The third-order valence-corrected chi connectivity index (χ3v) is 3.44. The highest BCUT2D eigenvalue weighted by Gasteiger charge is 2.16. The fourth-order valence-corrected chi connectivity index (χ4v) is 2.22. The van der Waals surface area contributed by atoms with Gasteiger partial charge in [-0.2, -0.15) is 4.98 Å². The largest absolute Gasteiger partial charge is 0.363 e. The van der Waals surface area contributed by atoms with Gasteiger partial charge in [-0.3, -0.25) is 0 Å². The quantitative estimate of drug-likeness (QED) is 0.797. The van der Waals surface area contributed by atoms with Crippen molar-refractivity contribution in [2.45, 2.75) is 6.54 Å². The molecule has 0 radical (unpaired) electrons. The maximum atomic E-state index is 13.8. The molecule has 0 amide bonds. The average Bonchev–Trinajstić information content (AvgIpc) is 3.04. The van der Waals surface area contributed by atoms with Crippen LogP contribution in [-0.2, 0) is 6.54 Å². The summed E-state index contributed by atoms with van der Waals surface area (Å²) in [5.41, 5.74) is 7.24. The van der Waals surface area contributed by atoms with Crippen LogP contribution >= 0.6 is 0 Å². The normalized spacial score (nSPS) is 10.8. The maximum absolute atomic E-state index is 13.8. The Bertz CT molecular complexity index is 831. The van der Waals surface area contributed by atoms with Crippen LogP contribution in [-0.4, -0.2) is 29.2 Å². The number of hydrogen-bond acceptors (Lipinski definition) is 6. The fourth-order valence-electron chi connectivity index (χ4n) is 2.22. The van der Waals surface area contributed by atoms with E-state index >= 15 is 0 Å². The van der Waals surface area contributed by atoms with Crippen molar-refractivity contribution in [1.29, 1.82) is 0 Å². The molecule has 1 aromatic carbocycles. The smallest absolute Gasteiger partial charge is 0.258 e. The summed E-state index contributed by atoms with van der Waals surface area (Å²) in [7, 11) is 3.79. The summed E-state index contributed by atoms with van der Waals surface area (Å²) in [6.07, 6.45) is 1.67. The standard InChI is InChI=1S/C16H16FN5O/c1-22(2)14-8-10(6-7-19-14)15-20-16(23-21-15)11-4-3-5-13(17)12(11)9-18/h3-8H,9,18H2,1-2H3. The van der Waals surface area contributed by atoms with Gasteiger partial charge in [0.05, 0.1) is 0 Å². The van der Waals surface area contributed by atoms with Gasteiger partial charge in [0.25, 0.3) is 5.89 Å². The number of anilines is 1. The summed E-state index contributed by atoms with van der Waals surface area (Å²) in [6, 6.07) is 8.29. The first-order valence-electron chi connectivity index (χ1n) is 7.05.